The average molecular weight is 271 g/mol. The molecule has 2 N–H and O–H groups in total. The van der Waals surface area contributed by atoms with Crippen molar-refractivity contribution in [2.75, 3.05) is 12.8 Å². The number of carbonyl (C=O) groups excluding carboxylic acids is 1. The van der Waals surface area contributed by atoms with Gasteiger partial charge in [-0.25, -0.2) is 9.78 Å². The van der Waals surface area contributed by atoms with Gasteiger partial charge in [0, 0.05) is 7.05 Å². The molecule has 0 spiro atoms. The average Bonchev–Trinajstić information content (AvgIpc) is 2.65. The Labute approximate surface area is 106 Å². The van der Waals surface area contributed by atoms with Gasteiger partial charge in [0.15, 0.2) is 5.75 Å². The number of alkyl halides is 2. The maximum atomic E-state index is 12.4. The summed E-state index contributed by atoms with van der Waals surface area (Å²) in [6.45, 7) is -3.03. The molecular formula is C11H11F2N3O3. The van der Waals surface area contributed by atoms with Crippen molar-refractivity contribution in [3.63, 3.8) is 0 Å². The first-order valence-corrected chi connectivity index (χ1v) is 5.23. The van der Waals surface area contributed by atoms with Crippen molar-refractivity contribution in [1.82, 2.24) is 9.55 Å². The number of fused-ring (bicyclic) bond motifs is 1. The van der Waals surface area contributed by atoms with Gasteiger partial charge < -0.3 is 19.8 Å². The van der Waals surface area contributed by atoms with Gasteiger partial charge in [0.05, 0.1) is 18.2 Å². The number of nitrogens with zero attached hydrogens (tertiary/aromatic N) is 2. The number of carbonyl (C=O) groups is 1. The molecule has 0 radical (unpaired) electrons. The molecule has 19 heavy (non-hydrogen) atoms. The van der Waals surface area contributed by atoms with Gasteiger partial charge >= 0.3 is 12.6 Å². The first kappa shape index (κ1) is 13.1. The van der Waals surface area contributed by atoms with Crippen LogP contribution in [0.25, 0.3) is 11.0 Å². The zero-order valence-corrected chi connectivity index (χ0v) is 10.2. The maximum absolute atomic E-state index is 12.4. The quantitative estimate of drug-likeness (QED) is 0.857. The summed E-state index contributed by atoms with van der Waals surface area (Å²) in [7, 11) is 2.79. The van der Waals surface area contributed by atoms with Crippen LogP contribution in [0.5, 0.6) is 5.75 Å². The van der Waals surface area contributed by atoms with Crippen molar-refractivity contribution in [3.8, 4) is 5.75 Å². The predicted molar refractivity (Wildman–Crippen MR) is 63.1 cm³/mol. The number of esters is 1. The fourth-order valence-electron chi connectivity index (χ4n) is 1.70. The summed E-state index contributed by atoms with van der Waals surface area (Å²) in [5.41, 5.74) is 6.24. The van der Waals surface area contributed by atoms with Gasteiger partial charge in [-0.05, 0) is 12.1 Å². The van der Waals surface area contributed by atoms with Crippen molar-refractivity contribution >= 4 is 23.0 Å². The van der Waals surface area contributed by atoms with Crippen LogP contribution < -0.4 is 10.5 Å². The Bertz CT molecular complexity index is 640. The number of benzene rings is 1. The molecule has 1 aromatic carbocycles. The van der Waals surface area contributed by atoms with E-state index in [2.05, 4.69) is 14.5 Å². The molecule has 0 fully saturated rings. The molecule has 2 rings (SSSR count). The summed E-state index contributed by atoms with van der Waals surface area (Å²) >= 11 is 0. The third kappa shape index (κ3) is 2.28. The summed E-state index contributed by atoms with van der Waals surface area (Å²) in [6.07, 6.45) is 0. The van der Waals surface area contributed by atoms with Gasteiger partial charge in [0.2, 0.25) is 5.95 Å². The highest BCUT2D eigenvalue weighted by molar-refractivity contribution is 5.96. The molecule has 0 saturated carbocycles. The molecular weight excluding hydrogens is 260 g/mol. The number of aryl methyl sites for hydroxylation is 1. The van der Waals surface area contributed by atoms with E-state index in [1.54, 1.807) is 7.05 Å². The van der Waals surface area contributed by atoms with Crippen LogP contribution in [0.1, 0.15) is 10.4 Å². The van der Waals surface area contributed by atoms with Crippen LogP contribution in [0.2, 0.25) is 0 Å². The van der Waals surface area contributed by atoms with E-state index < -0.39 is 12.6 Å². The largest absolute Gasteiger partial charge is 0.465 e. The topological polar surface area (TPSA) is 79.4 Å². The van der Waals surface area contributed by atoms with E-state index in [1.807, 2.05) is 0 Å². The Morgan fingerprint density at radius 3 is 2.74 bits per heavy atom. The Morgan fingerprint density at radius 1 is 1.47 bits per heavy atom. The van der Waals surface area contributed by atoms with Crippen LogP contribution in [0.4, 0.5) is 14.7 Å². The van der Waals surface area contributed by atoms with E-state index in [1.165, 1.54) is 17.7 Å². The highest BCUT2D eigenvalue weighted by Crippen LogP contribution is 2.29. The van der Waals surface area contributed by atoms with Gasteiger partial charge in [-0.1, -0.05) is 0 Å². The number of nitrogens with two attached hydrogens (primary N) is 1. The van der Waals surface area contributed by atoms with Crippen LogP contribution in [0, 0.1) is 0 Å². The molecule has 0 aliphatic heterocycles. The zero-order valence-electron chi connectivity index (χ0n) is 10.2. The molecule has 8 heteroatoms. The van der Waals surface area contributed by atoms with E-state index in [-0.39, 0.29) is 22.8 Å². The third-order valence-corrected chi connectivity index (χ3v) is 2.62. The minimum atomic E-state index is -3.03. The van der Waals surface area contributed by atoms with E-state index in [9.17, 15) is 13.6 Å². The Hall–Kier alpha value is -2.38. The highest BCUT2D eigenvalue weighted by atomic mass is 19.3. The molecule has 102 valence electrons. The lowest BCUT2D eigenvalue weighted by Gasteiger charge is -2.07. The lowest BCUT2D eigenvalue weighted by atomic mass is 10.2. The number of ether oxygens (including phenoxy) is 2. The molecule has 0 aliphatic carbocycles. The number of aromatic nitrogens is 2. The predicted octanol–water partition coefficient (Wildman–Crippen LogP) is 1.54. The minimum Gasteiger partial charge on any atom is -0.465 e. The fourth-order valence-corrected chi connectivity index (χ4v) is 1.70. The van der Waals surface area contributed by atoms with Gasteiger partial charge in [-0.2, -0.15) is 8.78 Å². The van der Waals surface area contributed by atoms with E-state index in [0.29, 0.717) is 5.52 Å². The number of imidazole rings is 1. The minimum absolute atomic E-state index is 0.0775. The lowest BCUT2D eigenvalue weighted by molar-refractivity contribution is -0.0489. The number of anilines is 1. The van der Waals surface area contributed by atoms with Crippen molar-refractivity contribution in [3.05, 3.63) is 17.7 Å². The fraction of sp³-hybridized carbons (Fsp3) is 0.273. The zero-order chi connectivity index (χ0) is 14.2. The first-order valence-electron chi connectivity index (χ1n) is 5.23. The smallest absolute Gasteiger partial charge is 0.387 e. The normalized spacial score (nSPS) is 11.0. The van der Waals surface area contributed by atoms with Crippen LogP contribution in [-0.2, 0) is 11.8 Å². The molecule has 0 bridgehead atoms. The van der Waals surface area contributed by atoms with Crippen molar-refractivity contribution in [2.24, 2.45) is 7.05 Å². The Balaban J connectivity index is 2.68. The molecule has 0 atom stereocenters. The van der Waals surface area contributed by atoms with Gasteiger partial charge in [-0.3, -0.25) is 0 Å². The lowest BCUT2D eigenvalue weighted by Crippen LogP contribution is -2.06. The summed E-state index contributed by atoms with van der Waals surface area (Å²) in [4.78, 5) is 15.4. The second-order valence-electron chi connectivity index (χ2n) is 3.74. The second kappa shape index (κ2) is 4.71. The number of hydrogen-bond donors (Lipinski definition) is 1. The third-order valence-electron chi connectivity index (χ3n) is 2.62. The SMILES string of the molecule is COC(=O)c1cc(OC(F)F)c2nc(N)n(C)c2c1. The Kier molecular flexibility index (Phi) is 3.24. The molecule has 0 unspecified atom stereocenters. The number of nitrogen functional groups attached to an aromatic ring is 1. The summed E-state index contributed by atoms with van der Waals surface area (Å²) in [6, 6.07) is 2.59. The second-order valence-corrected chi connectivity index (χ2v) is 3.74. The van der Waals surface area contributed by atoms with Crippen molar-refractivity contribution < 1.29 is 23.0 Å². The summed E-state index contributed by atoms with van der Waals surface area (Å²) in [5, 5.41) is 0. The van der Waals surface area contributed by atoms with E-state index >= 15 is 0 Å². The van der Waals surface area contributed by atoms with Gasteiger partial charge in [0.25, 0.3) is 0 Å². The van der Waals surface area contributed by atoms with E-state index in [4.69, 9.17) is 5.73 Å². The maximum Gasteiger partial charge on any atom is 0.387 e. The van der Waals surface area contributed by atoms with Crippen LogP contribution in [0.15, 0.2) is 12.1 Å². The molecule has 1 aromatic heterocycles. The number of methoxy groups -OCH3 is 1. The number of rotatable bonds is 3. The highest BCUT2D eigenvalue weighted by Gasteiger charge is 2.18. The van der Waals surface area contributed by atoms with Crippen LogP contribution in [0.3, 0.4) is 0 Å². The number of hydrogen-bond acceptors (Lipinski definition) is 5. The van der Waals surface area contributed by atoms with E-state index in [0.717, 1.165) is 6.07 Å². The first-order chi connectivity index (χ1) is 8.93. The standard InChI is InChI=1S/C11H11F2N3O3/c1-16-6-3-5(9(17)18-2)4-7(19-10(12)13)8(6)15-11(16)14/h3-4,10H,1-2H3,(H2,14,15). The molecule has 2 aromatic rings. The molecule has 1 heterocycles. The molecule has 0 aliphatic rings. The molecule has 0 amide bonds. The summed E-state index contributed by atoms with van der Waals surface area (Å²) in [5.74, 6) is -0.767. The molecule has 6 nitrogen and oxygen atoms in total. The van der Waals surface area contributed by atoms with Gasteiger partial charge in [-0.15, -0.1) is 0 Å². The molecule has 0 saturated heterocycles. The van der Waals surface area contributed by atoms with Crippen LogP contribution >= 0.6 is 0 Å². The van der Waals surface area contributed by atoms with Gasteiger partial charge in [0.1, 0.15) is 5.52 Å². The summed E-state index contributed by atoms with van der Waals surface area (Å²) < 4.78 is 35.1. The number of halogens is 2. The van der Waals surface area contributed by atoms with Crippen LogP contribution in [-0.4, -0.2) is 29.2 Å². The van der Waals surface area contributed by atoms with Crippen molar-refractivity contribution in [1.29, 1.82) is 0 Å². The van der Waals surface area contributed by atoms with Crippen molar-refractivity contribution in [2.45, 2.75) is 6.61 Å². The Morgan fingerprint density at radius 2 is 2.16 bits per heavy atom. The monoisotopic (exact) mass is 271 g/mol.